The Kier molecular flexibility index (Phi) is 7.36. The van der Waals surface area contributed by atoms with Crippen LogP contribution in [0.1, 0.15) is 48.6 Å². The van der Waals surface area contributed by atoms with Crippen molar-refractivity contribution in [3.05, 3.63) is 70.3 Å². The van der Waals surface area contributed by atoms with E-state index in [0.717, 1.165) is 16.7 Å². The molecule has 3 rings (SSSR count). The molecule has 1 saturated heterocycles. The van der Waals surface area contributed by atoms with Crippen LogP contribution < -0.4 is 4.74 Å². The Morgan fingerprint density at radius 3 is 2.34 bits per heavy atom. The zero-order valence-electron chi connectivity index (χ0n) is 19.3. The normalized spacial score (nSPS) is 17.9. The lowest BCUT2D eigenvalue weighted by atomic mass is 9.94. The molecule has 6 heteroatoms. The third-order valence-electron chi connectivity index (χ3n) is 5.75. The molecule has 0 saturated carbocycles. The first-order chi connectivity index (χ1) is 15.2. The highest BCUT2D eigenvalue weighted by Crippen LogP contribution is 2.40. The van der Waals surface area contributed by atoms with Gasteiger partial charge in [0.15, 0.2) is 0 Å². The number of rotatable bonds is 8. The van der Waals surface area contributed by atoms with Crippen molar-refractivity contribution in [1.82, 2.24) is 4.90 Å². The molecule has 1 atom stereocenters. The number of ketones is 1. The van der Waals surface area contributed by atoms with Gasteiger partial charge in [-0.05, 0) is 69.0 Å². The largest absolute Gasteiger partial charge is 0.507 e. The number of aryl methyl sites for hydroxylation is 2. The summed E-state index contributed by atoms with van der Waals surface area (Å²) >= 11 is 0. The van der Waals surface area contributed by atoms with E-state index in [9.17, 15) is 14.7 Å². The SMILES string of the molecule is COc1ccc(C2/C(=C(/O)c3ccc(C)c(C)c3)C(=O)C(=O)N2CCCOC(C)C)cc1. The van der Waals surface area contributed by atoms with Gasteiger partial charge in [-0.3, -0.25) is 9.59 Å². The third kappa shape index (κ3) is 4.86. The molecule has 1 unspecified atom stereocenters. The number of aliphatic hydroxyl groups is 1. The highest BCUT2D eigenvalue weighted by Gasteiger charge is 2.45. The highest BCUT2D eigenvalue weighted by molar-refractivity contribution is 6.46. The fourth-order valence-electron chi connectivity index (χ4n) is 3.84. The lowest BCUT2D eigenvalue weighted by Crippen LogP contribution is -2.31. The fraction of sp³-hybridized carbons (Fsp3) is 0.385. The number of aliphatic hydroxyl groups excluding tert-OH is 1. The zero-order chi connectivity index (χ0) is 23.4. The quantitative estimate of drug-likeness (QED) is 0.284. The first-order valence-electron chi connectivity index (χ1n) is 10.9. The summed E-state index contributed by atoms with van der Waals surface area (Å²) in [5, 5.41) is 11.1. The van der Waals surface area contributed by atoms with Crippen molar-refractivity contribution in [3.63, 3.8) is 0 Å². The molecule has 0 spiro atoms. The molecule has 0 aliphatic carbocycles. The van der Waals surface area contributed by atoms with E-state index in [4.69, 9.17) is 9.47 Å². The van der Waals surface area contributed by atoms with Crippen LogP contribution >= 0.6 is 0 Å². The summed E-state index contributed by atoms with van der Waals surface area (Å²) in [7, 11) is 1.58. The molecule has 2 aromatic rings. The molecule has 0 bridgehead atoms. The van der Waals surface area contributed by atoms with E-state index in [1.54, 1.807) is 25.3 Å². The van der Waals surface area contributed by atoms with Crippen molar-refractivity contribution in [2.24, 2.45) is 0 Å². The monoisotopic (exact) mass is 437 g/mol. The standard InChI is InChI=1S/C26H31NO5/c1-16(2)32-14-6-13-27-23(19-9-11-21(31-5)12-10-19)22(25(29)26(27)30)24(28)20-8-7-17(3)18(4)15-20/h7-12,15-16,23,28H,6,13-14H2,1-5H3/b24-22-. The number of benzene rings is 2. The van der Waals surface area contributed by atoms with E-state index >= 15 is 0 Å². The van der Waals surface area contributed by atoms with Crippen LogP contribution in [0.2, 0.25) is 0 Å². The molecule has 1 heterocycles. The van der Waals surface area contributed by atoms with Gasteiger partial charge in [-0.15, -0.1) is 0 Å². The van der Waals surface area contributed by atoms with Crippen LogP contribution in [0.3, 0.4) is 0 Å². The number of methoxy groups -OCH3 is 1. The molecule has 6 nitrogen and oxygen atoms in total. The van der Waals surface area contributed by atoms with Gasteiger partial charge < -0.3 is 19.5 Å². The molecule has 1 aliphatic heterocycles. The number of ether oxygens (including phenoxy) is 2. The average Bonchev–Trinajstić information content (AvgIpc) is 3.02. The van der Waals surface area contributed by atoms with Crippen molar-refractivity contribution in [1.29, 1.82) is 0 Å². The Hall–Kier alpha value is -3.12. The molecular weight excluding hydrogens is 406 g/mol. The van der Waals surface area contributed by atoms with Crippen molar-refractivity contribution in [3.8, 4) is 5.75 Å². The molecule has 1 amide bonds. The van der Waals surface area contributed by atoms with Crippen LogP contribution in [0.5, 0.6) is 5.75 Å². The molecule has 0 radical (unpaired) electrons. The fourth-order valence-corrected chi connectivity index (χ4v) is 3.84. The summed E-state index contributed by atoms with van der Waals surface area (Å²) < 4.78 is 10.8. The number of likely N-dealkylation sites (tertiary alicyclic amines) is 1. The van der Waals surface area contributed by atoms with Crippen LogP contribution in [-0.4, -0.2) is 48.1 Å². The molecule has 0 aromatic heterocycles. The zero-order valence-corrected chi connectivity index (χ0v) is 19.3. The van der Waals surface area contributed by atoms with Crippen molar-refractivity contribution >= 4 is 17.4 Å². The summed E-state index contributed by atoms with van der Waals surface area (Å²) in [6.07, 6.45) is 0.675. The van der Waals surface area contributed by atoms with Gasteiger partial charge in [0.25, 0.3) is 11.7 Å². The Labute approximate surface area is 189 Å². The van der Waals surface area contributed by atoms with Gasteiger partial charge in [0.1, 0.15) is 11.5 Å². The third-order valence-corrected chi connectivity index (χ3v) is 5.75. The van der Waals surface area contributed by atoms with Crippen LogP contribution in [0, 0.1) is 13.8 Å². The minimum absolute atomic E-state index is 0.0903. The predicted molar refractivity (Wildman–Crippen MR) is 124 cm³/mol. The Balaban J connectivity index is 2.05. The number of hydrogen-bond donors (Lipinski definition) is 1. The van der Waals surface area contributed by atoms with Gasteiger partial charge in [0.05, 0.1) is 24.8 Å². The topological polar surface area (TPSA) is 76.1 Å². The van der Waals surface area contributed by atoms with E-state index < -0.39 is 17.7 Å². The molecule has 1 fully saturated rings. The number of carbonyl (C=O) groups excluding carboxylic acids is 2. The number of nitrogens with zero attached hydrogens (tertiary/aromatic N) is 1. The maximum absolute atomic E-state index is 13.1. The Bertz CT molecular complexity index is 1020. The second-order valence-electron chi connectivity index (χ2n) is 8.34. The molecule has 170 valence electrons. The molecule has 2 aromatic carbocycles. The molecule has 1 N–H and O–H groups in total. The first kappa shape index (κ1) is 23.5. The smallest absolute Gasteiger partial charge is 0.295 e. The van der Waals surface area contributed by atoms with E-state index in [-0.39, 0.29) is 17.4 Å². The van der Waals surface area contributed by atoms with Gasteiger partial charge in [0, 0.05) is 18.7 Å². The summed E-state index contributed by atoms with van der Waals surface area (Å²) in [5.74, 6) is -0.773. The maximum Gasteiger partial charge on any atom is 0.295 e. The number of Topliss-reactive ketones (excluding diaryl/α,β-unsaturated/α-hetero) is 1. The summed E-state index contributed by atoms with van der Waals surface area (Å²) in [6, 6.07) is 12.0. The lowest BCUT2D eigenvalue weighted by molar-refractivity contribution is -0.140. The van der Waals surface area contributed by atoms with E-state index in [2.05, 4.69) is 0 Å². The minimum atomic E-state index is -0.679. The predicted octanol–water partition coefficient (Wildman–Crippen LogP) is 4.55. The van der Waals surface area contributed by atoms with E-state index in [1.807, 2.05) is 52.0 Å². The van der Waals surface area contributed by atoms with Crippen molar-refractivity contribution < 1.29 is 24.2 Å². The van der Waals surface area contributed by atoms with Crippen LogP contribution in [0.25, 0.3) is 5.76 Å². The number of amides is 1. The van der Waals surface area contributed by atoms with Crippen LogP contribution in [0.4, 0.5) is 0 Å². The van der Waals surface area contributed by atoms with Gasteiger partial charge in [-0.2, -0.15) is 0 Å². The second-order valence-corrected chi connectivity index (χ2v) is 8.34. The van der Waals surface area contributed by atoms with Gasteiger partial charge in [-0.25, -0.2) is 0 Å². The molecular formula is C26H31NO5. The molecule has 1 aliphatic rings. The van der Waals surface area contributed by atoms with Gasteiger partial charge >= 0.3 is 0 Å². The van der Waals surface area contributed by atoms with Crippen LogP contribution in [0.15, 0.2) is 48.0 Å². The Morgan fingerprint density at radius 1 is 1.06 bits per heavy atom. The lowest BCUT2D eigenvalue weighted by Gasteiger charge is -2.25. The van der Waals surface area contributed by atoms with Gasteiger partial charge in [0.2, 0.25) is 0 Å². The van der Waals surface area contributed by atoms with E-state index in [0.29, 0.717) is 30.9 Å². The average molecular weight is 438 g/mol. The molecule has 32 heavy (non-hydrogen) atoms. The maximum atomic E-state index is 13.1. The van der Waals surface area contributed by atoms with Crippen molar-refractivity contribution in [2.45, 2.75) is 46.3 Å². The first-order valence-corrected chi connectivity index (χ1v) is 10.9. The highest BCUT2D eigenvalue weighted by atomic mass is 16.5. The van der Waals surface area contributed by atoms with Gasteiger partial charge in [-0.1, -0.05) is 24.3 Å². The summed E-state index contributed by atoms with van der Waals surface area (Å²) in [5.41, 5.74) is 3.44. The summed E-state index contributed by atoms with van der Waals surface area (Å²) in [6.45, 7) is 8.65. The van der Waals surface area contributed by atoms with E-state index in [1.165, 1.54) is 4.90 Å². The summed E-state index contributed by atoms with van der Waals surface area (Å²) in [4.78, 5) is 27.6. The number of carbonyl (C=O) groups is 2. The van der Waals surface area contributed by atoms with Crippen molar-refractivity contribution in [2.75, 3.05) is 20.3 Å². The second kappa shape index (κ2) is 10.0. The Morgan fingerprint density at radius 2 is 1.75 bits per heavy atom. The minimum Gasteiger partial charge on any atom is -0.507 e. The number of hydrogen-bond acceptors (Lipinski definition) is 5. The van der Waals surface area contributed by atoms with Crippen LogP contribution in [-0.2, 0) is 14.3 Å².